The first-order valence-corrected chi connectivity index (χ1v) is 7.94. The lowest BCUT2D eigenvalue weighted by Crippen LogP contribution is -2.34. The predicted octanol–water partition coefficient (Wildman–Crippen LogP) is 1.71. The van der Waals surface area contributed by atoms with Crippen molar-refractivity contribution in [2.24, 2.45) is 0 Å². The highest BCUT2D eigenvalue weighted by Gasteiger charge is 2.14. The molecule has 2 rings (SSSR count). The van der Waals surface area contributed by atoms with Crippen molar-refractivity contribution in [1.29, 1.82) is 0 Å². The first-order valence-electron chi connectivity index (χ1n) is 7.16. The fraction of sp³-hybridized carbons (Fsp3) is 0.333. The molecule has 0 atom stereocenters. The normalized spacial score (nSPS) is 10.4. The van der Waals surface area contributed by atoms with E-state index in [1.54, 1.807) is 19.1 Å². The second-order valence-corrected chi connectivity index (χ2v) is 5.63. The molecule has 0 aliphatic heterocycles. The molecule has 1 aromatic carbocycles. The van der Waals surface area contributed by atoms with E-state index in [-0.39, 0.29) is 30.5 Å². The maximum absolute atomic E-state index is 13.4. The van der Waals surface area contributed by atoms with E-state index in [9.17, 15) is 14.0 Å². The summed E-state index contributed by atoms with van der Waals surface area (Å²) in [7, 11) is 0. The van der Waals surface area contributed by atoms with Gasteiger partial charge in [-0.1, -0.05) is 17.5 Å². The van der Waals surface area contributed by atoms with Crippen LogP contribution in [0.15, 0.2) is 18.2 Å². The number of aromatic nitrogens is 2. The molecule has 8 heteroatoms. The summed E-state index contributed by atoms with van der Waals surface area (Å²) < 4.78 is 17.2. The first-order chi connectivity index (χ1) is 11.0. The minimum Gasteiger partial charge on any atom is -0.350 e. The van der Waals surface area contributed by atoms with Gasteiger partial charge in [-0.3, -0.25) is 9.59 Å². The number of aryl methyl sites for hydroxylation is 2. The van der Waals surface area contributed by atoms with Gasteiger partial charge in [-0.05, 0) is 42.6 Å². The topological polar surface area (TPSA) is 84.0 Å². The number of carbonyl (C=O) groups excluding carboxylic acids is 2. The maximum atomic E-state index is 13.4. The number of carbonyl (C=O) groups is 2. The van der Waals surface area contributed by atoms with Crippen molar-refractivity contribution in [3.8, 4) is 0 Å². The predicted molar refractivity (Wildman–Crippen MR) is 85.1 cm³/mol. The second-order valence-electron chi connectivity index (χ2n) is 4.88. The zero-order valence-electron chi connectivity index (χ0n) is 12.9. The van der Waals surface area contributed by atoms with Crippen molar-refractivity contribution in [3.63, 3.8) is 0 Å². The van der Waals surface area contributed by atoms with E-state index in [2.05, 4.69) is 20.2 Å². The zero-order chi connectivity index (χ0) is 16.8. The molecule has 0 unspecified atom stereocenters. The number of hydrogen-bond acceptors (Lipinski definition) is 5. The van der Waals surface area contributed by atoms with Gasteiger partial charge >= 0.3 is 0 Å². The summed E-state index contributed by atoms with van der Waals surface area (Å²) in [5.41, 5.74) is 1.39. The van der Waals surface area contributed by atoms with Crippen molar-refractivity contribution >= 4 is 23.3 Å². The van der Waals surface area contributed by atoms with Crippen LogP contribution in [-0.4, -0.2) is 34.5 Å². The number of rotatable bonds is 6. The van der Waals surface area contributed by atoms with Gasteiger partial charge in [0.25, 0.3) is 11.8 Å². The second kappa shape index (κ2) is 7.77. The van der Waals surface area contributed by atoms with Crippen molar-refractivity contribution in [1.82, 2.24) is 20.2 Å². The summed E-state index contributed by atoms with van der Waals surface area (Å²) in [6.07, 6.45) is 0.634. The highest BCUT2D eigenvalue weighted by atomic mass is 32.1. The molecule has 0 radical (unpaired) electrons. The van der Waals surface area contributed by atoms with Gasteiger partial charge in [-0.25, -0.2) is 4.39 Å². The molecular formula is C15H17FN4O2S. The van der Waals surface area contributed by atoms with E-state index in [0.29, 0.717) is 22.6 Å². The Hall–Kier alpha value is -2.35. The summed E-state index contributed by atoms with van der Waals surface area (Å²) in [6, 6.07) is 4.30. The molecule has 2 N–H and O–H groups in total. The highest BCUT2D eigenvalue weighted by molar-refractivity contribution is 7.08. The molecule has 0 fully saturated rings. The highest BCUT2D eigenvalue weighted by Crippen LogP contribution is 2.10. The van der Waals surface area contributed by atoms with Crippen LogP contribution in [0.25, 0.3) is 0 Å². The lowest BCUT2D eigenvalue weighted by Gasteiger charge is -2.07. The van der Waals surface area contributed by atoms with Crippen LogP contribution in [-0.2, 0) is 6.42 Å². The Bertz CT molecular complexity index is 717. The Morgan fingerprint density at radius 1 is 1.22 bits per heavy atom. The summed E-state index contributed by atoms with van der Waals surface area (Å²) in [5, 5.41) is 9.19. The summed E-state index contributed by atoms with van der Waals surface area (Å²) in [6.45, 7) is 4.04. The Morgan fingerprint density at radius 3 is 2.57 bits per heavy atom. The summed E-state index contributed by atoms with van der Waals surface area (Å²) >= 11 is 1.04. The number of hydrogen-bond donors (Lipinski definition) is 2. The minimum absolute atomic E-state index is 0.244. The molecule has 2 aromatic rings. The SMILES string of the molecule is CCc1nnsc1C(=O)NCCNC(=O)c1ccc(C)c(F)c1. The van der Waals surface area contributed by atoms with E-state index >= 15 is 0 Å². The average molecular weight is 336 g/mol. The number of nitrogens with one attached hydrogen (secondary N) is 2. The van der Waals surface area contributed by atoms with Gasteiger partial charge in [0, 0.05) is 18.7 Å². The van der Waals surface area contributed by atoms with Gasteiger partial charge < -0.3 is 10.6 Å². The minimum atomic E-state index is -0.421. The molecule has 0 aliphatic rings. The van der Waals surface area contributed by atoms with E-state index in [0.717, 1.165) is 11.5 Å². The van der Waals surface area contributed by atoms with Gasteiger partial charge in [0.05, 0.1) is 5.69 Å². The van der Waals surface area contributed by atoms with Gasteiger partial charge in [-0.2, -0.15) is 0 Å². The Kier molecular flexibility index (Phi) is 5.75. The van der Waals surface area contributed by atoms with E-state index in [1.165, 1.54) is 6.07 Å². The molecule has 0 saturated heterocycles. The molecule has 0 spiro atoms. The van der Waals surface area contributed by atoms with Crippen LogP contribution >= 0.6 is 11.5 Å². The molecule has 23 heavy (non-hydrogen) atoms. The molecular weight excluding hydrogens is 319 g/mol. The lowest BCUT2D eigenvalue weighted by atomic mass is 10.1. The standard InChI is InChI=1S/C15H17FN4O2S/c1-3-12-13(23-20-19-12)15(22)18-7-6-17-14(21)10-5-4-9(2)11(16)8-10/h4-5,8H,3,6-7H2,1-2H3,(H,17,21)(H,18,22). The smallest absolute Gasteiger partial charge is 0.265 e. The Labute approximate surface area is 137 Å². The monoisotopic (exact) mass is 336 g/mol. The van der Waals surface area contributed by atoms with Crippen molar-refractivity contribution < 1.29 is 14.0 Å². The van der Waals surface area contributed by atoms with E-state index < -0.39 is 5.82 Å². The Morgan fingerprint density at radius 2 is 1.91 bits per heavy atom. The third-order valence-corrected chi connectivity index (χ3v) is 3.99. The summed E-state index contributed by atoms with van der Waals surface area (Å²) in [4.78, 5) is 24.3. The maximum Gasteiger partial charge on any atom is 0.265 e. The molecule has 1 aromatic heterocycles. The number of halogens is 1. The van der Waals surface area contributed by atoms with Crippen LogP contribution in [0, 0.1) is 12.7 Å². The number of nitrogens with zero attached hydrogens (tertiary/aromatic N) is 2. The zero-order valence-corrected chi connectivity index (χ0v) is 13.7. The van der Waals surface area contributed by atoms with Gasteiger partial charge in [0.2, 0.25) is 0 Å². The molecule has 1 heterocycles. The van der Waals surface area contributed by atoms with Crippen LogP contribution in [0.2, 0.25) is 0 Å². The summed E-state index contributed by atoms with van der Waals surface area (Å²) in [5.74, 6) is -1.06. The number of amides is 2. The van der Waals surface area contributed by atoms with Gasteiger partial charge in [-0.15, -0.1) is 5.10 Å². The van der Waals surface area contributed by atoms with Gasteiger partial charge in [0.1, 0.15) is 10.7 Å². The third kappa shape index (κ3) is 4.32. The quantitative estimate of drug-likeness (QED) is 0.787. The first kappa shape index (κ1) is 17.0. The number of benzene rings is 1. The molecule has 6 nitrogen and oxygen atoms in total. The van der Waals surface area contributed by atoms with Crippen LogP contribution in [0.4, 0.5) is 4.39 Å². The van der Waals surface area contributed by atoms with E-state index in [1.807, 2.05) is 6.92 Å². The molecule has 122 valence electrons. The van der Waals surface area contributed by atoms with Crippen LogP contribution in [0.1, 0.15) is 38.2 Å². The van der Waals surface area contributed by atoms with Crippen molar-refractivity contribution in [2.75, 3.05) is 13.1 Å². The fourth-order valence-corrected chi connectivity index (χ4v) is 2.55. The molecule has 0 bridgehead atoms. The van der Waals surface area contributed by atoms with Crippen LogP contribution in [0.5, 0.6) is 0 Å². The molecule has 0 aliphatic carbocycles. The fourth-order valence-electron chi connectivity index (χ4n) is 1.88. The molecule has 0 saturated carbocycles. The third-order valence-electron chi connectivity index (χ3n) is 3.23. The van der Waals surface area contributed by atoms with Crippen molar-refractivity contribution in [2.45, 2.75) is 20.3 Å². The van der Waals surface area contributed by atoms with Crippen LogP contribution < -0.4 is 10.6 Å². The van der Waals surface area contributed by atoms with E-state index in [4.69, 9.17) is 0 Å². The van der Waals surface area contributed by atoms with Crippen LogP contribution in [0.3, 0.4) is 0 Å². The molecule has 2 amide bonds. The average Bonchev–Trinajstić information content (AvgIpc) is 3.02. The lowest BCUT2D eigenvalue weighted by molar-refractivity contribution is 0.0929. The van der Waals surface area contributed by atoms with Crippen molar-refractivity contribution in [3.05, 3.63) is 45.7 Å². The Balaban J connectivity index is 1.80. The largest absolute Gasteiger partial charge is 0.350 e. The van der Waals surface area contributed by atoms with Gasteiger partial charge in [0.15, 0.2) is 0 Å².